The van der Waals surface area contributed by atoms with E-state index in [-0.39, 0.29) is 11.5 Å². The van der Waals surface area contributed by atoms with Gasteiger partial charge in [-0.1, -0.05) is 35.5 Å². The van der Waals surface area contributed by atoms with Gasteiger partial charge in [0, 0.05) is 10.6 Å². The summed E-state index contributed by atoms with van der Waals surface area (Å²) in [6.45, 7) is 2.02. The highest BCUT2D eigenvalue weighted by Gasteiger charge is 2.21. The average molecular weight is 456 g/mol. The van der Waals surface area contributed by atoms with Crippen molar-refractivity contribution in [2.24, 2.45) is 0 Å². The molecule has 0 aliphatic heterocycles. The summed E-state index contributed by atoms with van der Waals surface area (Å²) in [6.07, 6.45) is 0. The van der Waals surface area contributed by atoms with Crippen molar-refractivity contribution < 1.29 is 9.53 Å². The maximum Gasteiger partial charge on any atom is 0.196 e. The number of halogens is 1. The number of hydrogen-bond acceptors (Lipinski definition) is 6. The summed E-state index contributed by atoms with van der Waals surface area (Å²) in [5.41, 5.74) is 2.54. The summed E-state index contributed by atoms with van der Waals surface area (Å²) < 4.78 is 7.55. The monoisotopic (exact) mass is 455 g/mol. The molecule has 4 rings (SSSR count). The first-order valence-corrected chi connectivity index (χ1v) is 11.4. The topological polar surface area (TPSA) is 57.0 Å². The standard InChI is InChI=1S/C22H18ClN3O2S2/c1-14-5-10-19(28-2)17(12-14)26-21(20-4-3-11-29-20)24-25-22(26)30-13-18(27)15-6-8-16(23)9-7-15/h3-12H,13H2,1-2H3. The molecule has 0 radical (unpaired) electrons. The number of methoxy groups -OCH3 is 1. The molecule has 8 heteroatoms. The van der Waals surface area contributed by atoms with Crippen LogP contribution in [0.25, 0.3) is 16.4 Å². The molecule has 152 valence electrons. The number of aryl methyl sites for hydroxylation is 1. The van der Waals surface area contributed by atoms with Gasteiger partial charge in [0.15, 0.2) is 16.8 Å². The van der Waals surface area contributed by atoms with Crippen LogP contribution in [0.4, 0.5) is 0 Å². The van der Waals surface area contributed by atoms with Crippen LogP contribution in [0.15, 0.2) is 65.1 Å². The number of Topliss-reactive ketones (excluding diaryl/α,β-unsaturated/α-hetero) is 1. The maximum atomic E-state index is 12.6. The minimum absolute atomic E-state index is 0.0000903. The summed E-state index contributed by atoms with van der Waals surface area (Å²) in [4.78, 5) is 13.6. The van der Waals surface area contributed by atoms with E-state index in [0.717, 1.165) is 22.0 Å². The minimum Gasteiger partial charge on any atom is -0.495 e. The summed E-state index contributed by atoms with van der Waals surface area (Å²) in [6, 6.07) is 16.8. The number of carbonyl (C=O) groups excluding carboxylic acids is 1. The van der Waals surface area contributed by atoms with Crippen LogP contribution in [0.5, 0.6) is 5.75 Å². The second-order valence-electron chi connectivity index (χ2n) is 6.51. The van der Waals surface area contributed by atoms with Gasteiger partial charge in [-0.3, -0.25) is 9.36 Å². The van der Waals surface area contributed by atoms with Crippen LogP contribution >= 0.6 is 34.7 Å². The Labute approximate surface area is 187 Å². The number of thioether (sulfide) groups is 1. The highest BCUT2D eigenvalue weighted by Crippen LogP contribution is 2.34. The van der Waals surface area contributed by atoms with Gasteiger partial charge >= 0.3 is 0 Å². The zero-order chi connectivity index (χ0) is 21.1. The largest absolute Gasteiger partial charge is 0.495 e. The van der Waals surface area contributed by atoms with E-state index in [1.54, 1.807) is 42.7 Å². The lowest BCUT2D eigenvalue weighted by Crippen LogP contribution is -2.06. The van der Waals surface area contributed by atoms with Crippen LogP contribution in [0, 0.1) is 6.92 Å². The van der Waals surface area contributed by atoms with Gasteiger partial charge in [0.1, 0.15) is 5.75 Å². The number of rotatable bonds is 7. The number of nitrogens with zero attached hydrogens (tertiary/aromatic N) is 3. The summed E-state index contributed by atoms with van der Waals surface area (Å²) in [5.74, 6) is 1.66. The van der Waals surface area contributed by atoms with E-state index in [1.807, 2.05) is 47.2 Å². The van der Waals surface area contributed by atoms with Crippen LogP contribution in [0.1, 0.15) is 15.9 Å². The normalized spacial score (nSPS) is 10.9. The minimum atomic E-state index is 0.0000903. The first kappa shape index (κ1) is 20.7. The molecule has 4 aromatic rings. The highest BCUT2D eigenvalue weighted by atomic mass is 35.5. The van der Waals surface area contributed by atoms with Crippen molar-refractivity contribution in [1.29, 1.82) is 0 Å². The van der Waals surface area contributed by atoms with Crippen molar-refractivity contribution >= 4 is 40.5 Å². The number of ketones is 1. The van der Waals surface area contributed by atoms with Crippen molar-refractivity contribution in [1.82, 2.24) is 14.8 Å². The molecule has 0 N–H and O–H groups in total. The Bertz CT molecular complexity index is 1170. The van der Waals surface area contributed by atoms with E-state index < -0.39 is 0 Å². The predicted octanol–water partition coefficient (Wildman–Crippen LogP) is 5.94. The molecule has 0 fully saturated rings. The van der Waals surface area contributed by atoms with Crippen LogP contribution in [-0.4, -0.2) is 33.4 Å². The van der Waals surface area contributed by atoms with Crippen LogP contribution < -0.4 is 4.74 Å². The molecule has 0 saturated carbocycles. The molecular formula is C22H18ClN3O2S2. The van der Waals surface area contributed by atoms with Gasteiger partial charge in [-0.15, -0.1) is 21.5 Å². The van der Waals surface area contributed by atoms with Crippen molar-refractivity contribution in [2.75, 3.05) is 12.9 Å². The Hall–Kier alpha value is -2.61. The summed E-state index contributed by atoms with van der Waals surface area (Å²) in [7, 11) is 1.64. The van der Waals surface area contributed by atoms with Crippen molar-refractivity contribution in [3.8, 4) is 22.1 Å². The Kier molecular flexibility index (Phi) is 6.22. The zero-order valence-corrected chi connectivity index (χ0v) is 18.7. The number of thiophene rings is 1. The quantitative estimate of drug-likeness (QED) is 0.255. The lowest BCUT2D eigenvalue weighted by atomic mass is 10.1. The zero-order valence-electron chi connectivity index (χ0n) is 16.3. The molecule has 0 amide bonds. The Morgan fingerprint density at radius 3 is 2.67 bits per heavy atom. The van der Waals surface area contributed by atoms with E-state index in [9.17, 15) is 4.79 Å². The fraction of sp³-hybridized carbons (Fsp3) is 0.136. The molecule has 30 heavy (non-hydrogen) atoms. The Morgan fingerprint density at radius 2 is 1.97 bits per heavy atom. The molecule has 2 heterocycles. The highest BCUT2D eigenvalue weighted by molar-refractivity contribution is 7.99. The molecule has 0 unspecified atom stereocenters. The third-order valence-corrected chi connectivity index (χ3v) is 6.50. The molecule has 5 nitrogen and oxygen atoms in total. The van der Waals surface area contributed by atoms with Gasteiger partial charge in [0.2, 0.25) is 0 Å². The molecule has 2 aromatic heterocycles. The van der Waals surface area contributed by atoms with E-state index in [1.165, 1.54) is 11.8 Å². The van der Waals surface area contributed by atoms with E-state index in [2.05, 4.69) is 10.2 Å². The number of aromatic nitrogens is 3. The first-order chi connectivity index (χ1) is 14.6. The average Bonchev–Trinajstić information content (AvgIpc) is 3.42. The molecule has 0 saturated heterocycles. The Morgan fingerprint density at radius 1 is 1.17 bits per heavy atom. The maximum absolute atomic E-state index is 12.6. The lowest BCUT2D eigenvalue weighted by Gasteiger charge is -2.14. The molecule has 0 aliphatic rings. The van der Waals surface area contributed by atoms with E-state index >= 15 is 0 Å². The van der Waals surface area contributed by atoms with E-state index in [4.69, 9.17) is 16.3 Å². The third-order valence-electron chi connectivity index (χ3n) is 4.45. The SMILES string of the molecule is COc1ccc(C)cc1-n1c(SCC(=O)c2ccc(Cl)cc2)nnc1-c1cccs1. The summed E-state index contributed by atoms with van der Waals surface area (Å²) in [5, 5.41) is 12.0. The van der Waals surface area contributed by atoms with Crippen molar-refractivity contribution in [3.05, 3.63) is 76.1 Å². The third kappa shape index (κ3) is 4.28. The van der Waals surface area contributed by atoms with Gasteiger partial charge in [-0.25, -0.2) is 0 Å². The van der Waals surface area contributed by atoms with Crippen molar-refractivity contribution in [2.45, 2.75) is 12.1 Å². The summed E-state index contributed by atoms with van der Waals surface area (Å²) >= 11 is 8.86. The second-order valence-corrected chi connectivity index (χ2v) is 8.84. The number of benzene rings is 2. The van der Waals surface area contributed by atoms with Gasteiger partial charge in [0.25, 0.3) is 0 Å². The number of ether oxygens (including phenoxy) is 1. The first-order valence-electron chi connectivity index (χ1n) is 9.12. The number of hydrogen-bond donors (Lipinski definition) is 0. The Balaban J connectivity index is 1.71. The second kappa shape index (κ2) is 9.04. The molecule has 0 atom stereocenters. The van der Waals surface area contributed by atoms with Gasteiger partial charge in [-0.05, 0) is 60.3 Å². The van der Waals surface area contributed by atoms with Gasteiger partial charge in [0.05, 0.1) is 23.4 Å². The fourth-order valence-corrected chi connectivity index (χ4v) is 4.63. The van der Waals surface area contributed by atoms with Crippen LogP contribution in [0.3, 0.4) is 0 Å². The van der Waals surface area contributed by atoms with Crippen LogP contribution in [0.2, 0.25) is 5.02 Å². The molecular weight excluding hydrogens is 438 g/mol. The number of carbonyl (C=O) groups is 1. The van der Waals surface area contributed by atoms with Gasteiger partial charge in [-0.2, -0.15) is 0 Å². The molecule has 0 aliphatic carbocycles. The predicted molar refractivity (Wildman–Crippen MR) is 122 cm³/mol. The lowest BCUT2D eigenvalue weighted by molar-refractivity contribution is 0.102. The molecule has 0 spiro atoms. The van der Waals surface area contributed by atoms with E-state index in [0.29, 0.717) is 21.5 Å². The molecule has 0 bridgehead atoms. The van der Waals surface area contributed by atoms with Crippen LogP contribution in [-0.2, 0) is 0 Å². The smallest absolute Gasteiger partial charge is 0.196 e. The molecule has 2 aromatic carbocycles. The van der Waals surface area contributed by atoms with Gasteiger partial charge < -0.3 is 4.74 Å². The fourth-order valence-electron chi connectivity index (χ4n) is 2.97. The van der Waals surface area contributed by atoms with Crippen molar-refractivity contribution in [3.63, 3.8) is 0 Å².